The first-order valence-corrected chi connectivity index (χ1v) is 10.5. The molecule has 1 aliphatic carbocycles. The molecule has 1 amide bonds. The molecule has 1 saturated carbocycles. The number of allylic oxidation sites excluding steroid dienone is 1. The van der Waals surface area contributed by atoms with Crippen LogP contribution < -0.4 is 4.74 Å². The van der Waals surface area contributed by atoms with Crippen molar-refractivity contribution in [2.75, 3.05) is 21.2 Å². The van der Waals surface area contributed by atoms with E-state index in [2.05, 4.69) is 4.40 Å². The summed E-state index contributed by atoms with van der Waals surface area (Å²) in [6.07, 6.45) is 6.81. The molecule has 0 unspecified atom stereocenters. The molecule has 0 N–H and O–H groups in total. The molecule has 3 rings (SSSR count). The Morgan fingerprint density at radius 3 is 2.41 bits per heavy atom. The molecule has 1 fully saturated rings. The first-order chi connectivity index (χ1) is 12.8. The van der Waals surface area contributed by atoms with Crippen LogP contribution in [0.15, 0.2) is 40.4 Å². The van der Waals surface area contributed by atoms with Gasteiger partial charge in [0.1, 0.15) is 11.4 Å². The molecule has 0 aromatic heterocycles. The normalized spacial score (nSPS) is 19.9. The summed E-state index contributed by atoms with van der Waals surface area (Å²) in [5, 5.41) is 0. The molecular weight excluding hydrogens is 366 g/mol. The summed E-state index contributed by atoms with van der Waals surface area (Å²) in [4.78, 5) is 14.7. The molecule has 146 valence electrons. The lowest BCUT2D eigenvalue weighted by atomic mass is 9.94. The smallest absolute Gasteiger partial charge is 0.345 e. The summed E-state index contributed by atoms with van der Waals surface area (Å²) in [5.74, 6) is 0.362. The molecule has 0 atom stereocenters. The molecule has 7 nitrogen and oxygen atoms in total. The lowest BCUT2D eigenvalue weighted by molar-refractivity contribution is -0.129. The number of nitrogens with zero attached hydrogens (tertiary/aromatic N) is 3. The van der Waals surface area contributed by atoms with Gasteiger partial charge in [-0.15, -0.1) is 4.40 Å². The lowest BCUT2D eigenvalue weighted by Crippen LogP contribution is -2.44. The lowest BCUT2D eigenvalue weighted by Gasteiger charge is -2.34. The van der Waals surface area contributed by atoms with Gasteiger partial charge < -0.3 is 9.64 Å². The Morgan fingerprint density at radius 2 is 1.81 bits per heavy atom. The Labute approximate surface area is 160 Å². The van der Waals surface area contributed by atoms with E-state index in [9.17, 15) is 13.2 Å². The van der Waals surface area contributed by atoms with E-state index in [-0.39, 0.29) is 23.4 Å². The second-order valence-electron chi connectivity index (χ2n) is 6.89. The third-order valence-electron chi connectivity index (χ3n) is 5.22. The first kappa shape index (κ1) is 19.4. The van der Waals surface area contributed by atoms with Gasteiger partial charge >= 0.3 is 10.2 Å². The quantitative estimate of drug-likeness (QED) is 0.789. The van der Waals surface area contributed by atoms with E-state index in [0.29, 0.717) is 11.3 Å². The van der Waals surface area contributed by atoms with Gasteiger partial charge in [-0.3, -0.25) is 4.79 Å². The maximum atomic E-state index is 13.0. The minimum absolute atomic E-state index is 0.115. The van der Waals surface area contributed by atoms with Gasteiger partial charge in [0, 0.05) is 25.7 Å². The highest BCUT2D eigenvalue weighted by Gasteiger charge is 2.33. The SMILES string of the molecule is COc1ccc(C2=NS(=O)(=O)N(C)C(C(=O)N(C)C3CCCCC3)=C2)cc1. The fourth-order valence-electron chi connectivity index (χ4n) is 3.47. The zero-order chi connectivity index (χ0) is 19.6. The van der Waals surface area contributed by atoms with E-state index in [1.807, 2.05) is 0 Å². The van der Waals surface area contributed by atoms with Gasteiger partial charge in [-0.2, -0.15) is 8.42 Å². The monoisotopic (exact) mass is 391 g/mol. The third-order valence-corrected chi connectivity index (χ3v) is 6.54. The van der Waals surface area contributed by atoms with E-state index in [0.717, 1.165) is 30.0 Å². The predicted molar refractivity (Wildman–Crippen MR) is 104 cm³/mol. The van der Waals surface area contributed by atoms with Crippen molar-refractivity contribution < 1.29 is 17.9 Å². The molecule has 0 bridgehead atoms. The predicted octanol–water partition coefficient (Wildman–Crippen LogP) is 2.35. The number of amides is 1. The average Bonchev–Trinajstić information content (AvgIpc) is 2.69. The Morgan fingerprint density at radius 1 is 1.19 bits per heavy atom. The minimum Gasteiger partial charge on any atom is -0.497 e. The molecule has 0 spiro atoms. The number of hydrogen-bond donors (Lipinski definition) is 0. The van der Waals surface area contributed by atoms with Gasteiger partial charge in [-0.25, -0.2) is 4.31 Å². The molecule has 27 heavy (non-hydrogen) atoms. The summed E-state index contributed by atoms with van der Waals surface area (Å²) >= 11 is 0. The van der Waals surface area contributed by atoms with Crippen molar-refractivity contribution in [3.8, 4) is 5.75 Å². The maximum absolute atomic E-state index is 13.0. The molecular formula is C19H25N3O4S. The van der Waals surface area contributed by atoms with Crippen LogP contribution >= 0.6 is 0 Å². The van der Waals surface area contributed by atoms with Crippen LogP contribution in [-0.4, -0.2) is 56.5 Å². The van der Waals surface area contributed by atoms with E-state index in [1.54, 1.807) is 49.4 Å². The number of rotatable bonds is 4. The van der Waals surface area contributed by atoms with Crippen molar-refractivity contribution >= 4 is 21.8 Å². The Balaban J connectivity index is 1.93. The van der Waals surface area contributed by atoms with Crippen molar-refractivity contribution in [1.82, 2.24) is 9.21 Å². The van der Waals surface area contributed by atoms with Crippen molar-refractivity contribution in [3.63, 3.8) is 0 Å². The van der Waals surface area contributed by atoms with Gasteiger partial charge in [-0.05, 0) is 43.2 Å². The van der Waals surface area contributed by atoms with Crippen molar-refractivity contribution in [3.05, 3.63) is 41.6 Å². The summed E-state index contributed by atoms with van der Waals surface area (Å²) in [7, 11) is 0.713. The Hall–Kier alpha value is -2.35. The third kappa shape index (κ3) is 4.00. The van der Waals surface area contributed by atoms with E-state index in [4.69, 9.17) is 4.74 Å². The Bertz CT molecular complexity index is 869. The molecule has 1 heterocycles. The van der Waals surface area contributed by atoms with E-state index >= 15 is 0 Å². The minimum atomic E-state index is -3.96. The fourth-order valence-corrected chi connectivity index (χ4v) is 4.37. The number of likely N-dealkylation sites (N-methyl/N-ethyl adjacent to an activating group) is 2. The van der Waals surface area contributed by atoms with Gasteiger partial charge in [0.25, 0.3) is 5.91 Å². The van der Waals surface area contributed by atoms with Crippen LogP contribution in [0.4, 0.5) is 0 Å². The molecule has 0 radical (unpaired) electrons. The molecule has 0 saturated heterocycles. The number of benzene rings is 1. The first-order valence-electron chi connectivity index (χ1n) is 9.05. The van der Waals surface area contributed by atoms with Gasteiger partial charge in [-0.1, -0.05) is 19.3 Å². The zero-order valence-electron chi connectivity index (χ0n) is 15.9. The summed E-state index contributed by atoms with van der Waals surface area (Å²) in [6, 6.07) is 7.05. The highest BCUT2D eigenvalue weighted by Crippen LogP contribution is 2.26. The van der Waals surface area contributed by atoms with Gasteiger partial charge in [0.05, 0.1) is 12.8 Å². The number of methoxy groups -OCH3 is 1. The average molecular weight is 391 g/mol. The highest BCUT2D eigenvalue weighted by molar-refractivity contribution is 7.88. The van der Waals surface area contributed by atoms with Crippen molar-refractivity contribution in [1.29, 1.82) is 0 Å². The van der Waals surface area contributed by atoms with Crippen LogP contribution in [-0.2, 0) is 15.0 Å². The van der Waals surface area contributed by atoms with Crippen LogP contribution in [0.25, 0.3) is 0 Å². The number of hydrogen-bond acceptors (Lipinski definition) is 4. The Kier molecular flexibility index (Phi) is 5.55. The van der Waals surface area contributed by atoms with Crippen LogP contribution in [0.3, 0.4) is 0 Å². The second kappa shape index (κ2) is 7.72. The summed E-state index contributed by atoms with van der Waals surface area (Å²) in [5.41, 5.74) is 0.970. The van der Waals surface area contributed by atoms with Gasteiger partial charge in [0.2, 0.25) is 0 Å². The molecule has 1 aromatic rings. The second-order valence-corrected chi connectivity index (χ2v) is 8.51. The maximum Gasteiger partial charge on any atom is 0.345 e. The van der Waals surface area contributed by atoms with Gasteiger partial charge in [0.15, 0.2) is 0 Å². The summed E-state index contributed by atoms with van der Waals surface area (Å²) in [6.45, 7) is 0. The van der Waals surface area contributed by atoms with E-state index in [1.165, 1.54) is 13.5 Å². The number of ether oxygens (including phenoxy) is 1. The zero-order valence-corrected chi connectivity index (χ0v) is 16.7. The van der Waals surface area contributed by atoms with Crippen LogP contribution in [0, 0.1) is 0 Å². The number of carbonyl (C=O) groups excluding carboxylic acids is 1. The highest BCUT2D eigenvalue weighted by atomic mass is 32.2. The van der Waals surface area contributed by atoms with Crippen LogP contribution in [0.2, 0.25) is 0 Å². The van der Waals surface area contributed by atoms with Crippen molar-refractivity contribution in [2.45, 2.75) is 38.1 Å². The topological polar surface area (TPSA) is 79.3 Å². The van der Waals surface area contributed by atoms with E-state index < -0.39 is 10.2 Å². The molecule has 1 aliphatic heterocycles. The standard InChI is InChI=1S/C19H25N3O4S/c1-21(15-7-5-4-6-8-15)19(23)18-13-17(20-27(24,25)22(18)2)14-9-11-16(26-3)12-10-14/h9-13,15H,4-8H2,1-3H3. The molecule has 2 aliphatic rings. The van der Waals surface area contributed by atoms with Crippen molar-refractivity contribution in [2.24, 2.45) is 4.40 Å². The largest absolute Gasteiger partial charge is 0.497 e. The molecule has 1 aromatic carbocycles. The molecule has 8 heteroatoms. The van der Waals surface area contributed by atoms with Crippen LogP contribution in [0.5, 0.6) is 5.75 Å². The van der Waals surface area contributed by atoms with Crippen LogP contribution in [0.1, 0.15) is 37.7 Å². The fraction of sp³-hybridized carbons (Fsp3) is 0.474. The summed E-state index contributed by atoms with van der Waals surface area (Å²) < 4.78 is 35.0. The number of carbonyl (C=O) groups is 1.